The Hall–Kier alpha value is -1.60. The van der Waals surface area contributed by atoms with Crippen molar-refractivity contribution in [2.45, 2.75) is 12.8 Å². The molecule has 0 aliphatic heterocycles. The molecule has 0 N–H and O–H groups in total. The third-order valence-corrected chi connectivity index (χ3v) is 3.07. The quantitative estimate of drug-likeness (QED) is 0.738. The molecule has 1 heterocycles. The summed E-state index contributed by atoms with van der Waals surface area (Å²) in [6, 6.07) is 12.8. The van der Waals surface area contributed by atoms with E-state index in [9.17, 15) is 0 Å². The molecular weight excluding hydrogens is 230 g/mol. The van der Waals surface area contributed by atoms with E-state index >= 15 is 0 Å². The minimum absolute atomic E-state index is 0. The van der Waals surface area contributed by atoms with Gasteiger partial charge in [-0.1, -0.05) is 30.3 Å². The second-order valence-electron chi connectivity index (χ2n) is 4.11. The van der Waals surface area contributed by atoms with Crippen LogP contribution in [-0.2, 0) is 6.42 Å². The fraction of sp³-hybridized carbons (Fsp3) is 0.133. The van der Waals surface area contributed by atoms with Gasteiger partial charge in [0.15, 0.2) is 0 Å². The number of nitrogens with zero attached hydrogens (tertiary/aromatic N) is 1. The molecule has 3 rings (SSSR count). The fourth-order valence-corrected chi connectivity index (χ4v) is 2.27. The van der Waals surface area contributed by atoms with E-state index in [-0.39, 0.29) is 12.4 Å². The first kappa shape index (κ1) is 11.9. The Labute approximate surface area is 108 Å². The maximum atomic E-state index is 4.04. The Kier molecular flexibility index (Phi) is 3.60. The Bertz CT molecular complexity index is 532. The fourth-order valence-electron chi connectivity index (χ4n) is 2.27. The lowest BCUT2D eigenvalue weighted by Crippen LogP contribution is -1.79. The molecule has 0 saturated carbocycles. The zero-order valence-corrected chi connectivity index (χ0v) is 10.3. The van der Waals surface area contributed by atoms with Crippen molar-refractivity contribution in [3.63, 3.8) is 0 Å². The van der Waals surface area contributed by atoms with Gasteiger partial charge in [-0.15, -0.1) is 12.4 Å². The van der Waals surface area contributed by atoms with Crippen molar-refractivity contribution >= 4 is 24.1 Å². The second kappa shape index (κ2) is 5.15. The van der Waals surface area contributed by atoms with Gasteiger partial charge in [0.25, 0.3) is 0 Å². The highest BCUT2D eigenvalue weighted by atomic mass is 35.5. The molecule has 2 aromatic rings. The summed E-state index contributed by atoms with van der Waals surface area (Å²) in [4.78, 5) is 4.04. The Morgan fingerprint density at radius 2 is 1.71 bits per heavy atom. The first-order valence-corrected chi connectivity index (χ1v) is 5.62. The van der Waals surface area contributed by atoms with E-state index in [1.54, 1.807) is 0 Å². The second-order valence-corrected chi connectivity index (χ2v) is 4.11. The first-order chi connectivity index (χ1) is 7.93. The van der Waals surface area contributed by atoms with Gasteiger partial charge in [0, 0.05) is 12.4 Å². The van der Waals surface area contributed by atoms with Crippen molar-refractivity contribution in [2.75, 3.05) is 0 Å². The van der Waals surface area contributed by atoms with Crippen LogP contribution in [0.15, 0.2) is 48.8 Å². The Morgan fingerprint density at radius 1 is 0.941 bits per heavy atom. The minimum atomic E-state index is 0. The van der Waals surface area contributed by atoms with Crippen LogP contribution in [0, 0.1) is 0 Å². The number of halogens is 1. The monoisotopic (exact) mass is 243 g/mol. The minimum Gasteiger partial charge on any atom is -0.265 e. The molecule has 17 heavy (non-hydrogen) atoms. The maximum absolute atomic E-state index is 4.04. The lowest BCUT2D eigenvalue weighted by molar-refractivity contribution is 1.08. The van der Waals surface area contributed by atoms with E-state index in [0.29, 0.717) is 0 Å². The lowest BCUT2D eigenvalue weighted by atomic mass is 10.1. The normalized spacial score (nSPS) is 15.4. The number of hydrogen-bond donors (Lipinski definition) is 0. The zero-order chi connectivity index (χ0) is 10.8. The molecule has 1 aromatic heterocycles. The van der Waals surface area contributed by atoms with Gasteiger partial charge in [-0.2, -0.15) is 0 Å². The van der Waals surface area contributed by atoms with E-state index in [1.165, 1.54) is 28.7 Å². The third-order valence-electron chi connectivity index (χ3n) is 3.07. The van der Waals surface area contributed by atoms with Crippen LogP contribution in [0.1, 0.15) is 23.1 Å². The smallest absolute Gasteiger partial charge is 0.0273 e. The number of hydrogen-bond acceptors (Lipinski definition) is 1. The van der Waals surface area contributed by atoms with Crippen molar-refractivity contribution in [1.29, 1.82) is 0 Å². The molecule has 0 amide bonds. The van der Waals surface area contributed by atoms with Crippen molar-refractivity contribution < 1.29 is 0 Å². The van der Waals surface area contributed by atoms with Crippen LogP contribution in [0.2, 0.25) is 0 Å². The molecule has 1 aromatic carbocycles. The predicted octanol–water partition coefficient (Wildman–Crippen LogP) is 3.99. The summed E-state index contributed by atoms with van der Waals surface area (Å²) in [5.74, 6) is 0. The van der Waals surface area contributed by atoms with Crippen LogP contribution in [0.5, 0.6) is 0 Å². The van der Waals surface area contributed by atoms with Gasteiger partial charge in [0.2, 0.25) is 0 Å². The summed E-state index contributed by atoms with van der Waals surface area (Å²) in [6.07, 6.45) is 8.28. The molecule has 0 radical (unpaired) electrons. The van der Waals surface area contributed by atoms with Gasteiger partial charge in [-0.3, -0.25) is 4.98 Å². The number of aryl methyl sites for hydroxylation is 1. The summed E-state index contributed by atoms with van der Waals surface area (Å²) in [5.41, 5.74) is 5.57. The highest BCUT2D eigenvalue weighted by Crippen LogP contribution is 2.33. The van der Waals surface area contributed by atoms with Crippen molar-refractivity contribution in [3.05, 3.63) is 65.5 Å². The number of fused-ring (bicyclic) bond motifs is 1. The van der Waals surface area contributed by atoms with E-state index in [0.717, 1.165) is 6.42 Å². The van der Waals surface area contributed by atoms with Gasteiger partial charge in [0.1, 0.15) is 0 Å². The molecular formula is C15H14ClN. The number of aromatic nitrogens is 1. The number of allylic oxidation sites excluding steroid dienone is 1. The highest BCUT2D eigenvalue weighted by molar-refractivity contribution is 5.85. The average Bonchev–Trinajstić information content (AvgIpc) is 2.74. The maximum Gasteiger partial charge on any atom is 0.0273 e. The molecule has 1 nitrogen and oxygen atoms in total. The van der Waals surface area contributed by atoms with Crippen molar-refractivity contribution in [3.8, 4) is 0 Å². The van der Waals surface area contributed by atoms with Crippen LogP contribution in [0.4, 0.5) is 0 Å². The van der Waals surface area contributed by atoms with E-state index in [2.05, 4.69) is 35.3 Å². The summed E-state index contributed by atoms with van der Waals surface area (Å²) in [7, 11) is 0. The van der Waals surface area contributed by atoms with Crippen LogP contribution in [0.25, 0.3) is 11.6 Å². The van der Waals surface area contributed by atoms with E-state index in [4.69, 9.17) is 0 Å². The van der Waals surface area contributed by atoms with Crippen LogP contribution in [0.3, 0.4) is 0 Å². The first-order valence-electron chi connectivity index (χ1n) is 5.62. The largest absolute Gasteiger partial charge is 0.265 e. The molecule has 0 fully saturated rings. The molecule has 2 heteroatoms. The summed E-state index contributed by atoms with van der Waals surface area (Å²) in [6.45, 7) is 0. The summed E-state index contributed by atoms with van der Waals surface area (Å²) < 4.78 is 0. The lowest BCUT2D eigenvalue weighted by Gasteiger charge is -2.00. The van der Waals surface area contributed by atoms with Crippen LogP contribution < -0.4 is 0 Å². The molecule has 0 unspecified atom stereocenters. The Morgan fingerprint density at radius 3 is 2.53 bits per heavy atom. The molecule has 1 aliphatic rings. The summed E-state index contributed by atoms with van der Waals surface area (Å²) in [5, 5.41) is 0. The SMILES string of the molecule is C(=C1/CCc2ccccc21)/c1ccncc1.Cl. The number of rotatable bonds is 1. The van der Waals surface area contributed by atoms with Crippen molar-refractivity contribution in [1.82, 2.24) is 4.98 Å². The Balaban J connectivity index is 0.00000108. The number of pyridine rings is 1. The van der Waals surface area contributed by atoms with Crippen molar-refractivity contribution in [2.24, 2.45) is 0 Å². The topological polar surface area (TPSA) is 12.9 Å². The van der Waals surface area contributed by atoms with Crippen LogP contribution >= 0.6 is 12.4 Å². The highest BCUT2D eigenvalue weighted by Gasteiger charge is 2.14. The zero-order valence-electron chi connectivity index (χ0n) is 9.47. The number of benzene rings is 1. The van der Waals surface area contributed by atoms with Gasteiger partial charge in [0.05, 0.1) is 0 Å². The van der Waals surface area contributed by atoms with Gasteiger partial charge in [-0.05, 0) is 47.2 Å². The summed E-state index contributed by atoms with van der Waals surface area (Å²) >= 11 is 0. The third kappa shape index (κ3) is 2.40. The van der Waals surface area contributed by atoms with Gasteiger partial charge in [-0.25, -0.2) is 0 Å². The van der Waals surface area contributed by atoms with Gasteiger partial charge >= 0.3 is 0 Å². The van der Waals surface area contributed by atoms with E-state index < -0.39 is 0 Å². The molecule has 1 aliphatic carbocycles. The molecule has 86 valence electrons. The van der Waals surface area contributed by atoms with E-state index in [1.807, 2.05) is 24.5 Å². The standard InChI is InChI=1S/C15H13N.ClH/c1-2-4-15-13(3-1)5-6-14(15)11-12-7-9-16-10-8-12;/h1-4,7-11H,5-6H2;1H/b14-11+;. The molecule has 0 atom stereocenters. The van der Waals surface area contributed by atoms with Crippen LogP contribution in [-0.4, -0.2) is 4.98 Å². The molecule has 0 saturated heterocycles. The average molecular weight is 244 g/mol. The predicted molar refractivity (Wildman–Crippen MR) is 74.1 cm³/mol. The molecule has 0 bridgehead atoms. The molecule has 0 spiro atoms. The van der Waals surface area contributed by atoms with Gasteiger partial charge < -0.3 is 0 Å².